The third-order valence-electron chi connectivity index (χ3n) is 3.16. The van der Waals surface area contributed by atoms with Gasteiger partial charge in [-0.3, -0.25) is 0 Å². The molecule has 1 aliphatic rings. The molecule has 3 rings (SSSR count). The first-order chi connectivity index (χ1) is 7.74. The van der Waals surface area contributed by atoms with E-state index >= 15 is 0 Å². The maximum Gasteiger partial charge on any atom is 0.152 e. The van der Waals surface area contributed by atoms with Gasteiger partial charge in [0.2, 0.25) is 0 Å². The zero-order valence-corrected chi connectivity index (χ0v) is 9.70. The van der Waals surface area contributed by atoms with Crippen molar-refractivity contribution >= 4 is 22.6 Å². The molecule has 0 saturated heterocycles. The Bertz CT molecular complexity index is 516. The summed E-state index contributed by atoms with van der Waals surface area (Å²) >= 11 is 6.06. The van der Waals surface area contributed by atoms with Gasteiger partial charge in [0.1, 0.15) is 5.76 Å². The van der Waals surface area contributed by atoms with E-state index in [1.165, 1.54) is 12.8 Å². The number of halogens is 1. The molecule has 0 unspecified atom stereocenters. The quantitative estimate of drug-likeness (QED) is 0.877. The average molecular weight is 236 g/mol. The van der Waals surface area contributed by atoms with E-state index in [2.05, 4.69) is 0 Å². The van der Waals surface area contributed by atoms with Gasteiger partial charge in [0.25, 0.3) is 0 Å². The van der Waals surface area contributed by atoms with Gasteiger partial charge in [0, 0.05) is 5.39 Å². The maximum absolute atomic E-state index is 6.11. The molecule has 1 aliphatic carbocycles. The Kier molecular flexibility index (Phi) is 2.41. The fraction of sp³-hybridized carbons (Fsp3) is 0.385. The third kappa shape index (κ3) is 1.83. The lowest BCUT2D eigenvalue weighted by molar-refractivity contribution is 0.463. The molecule has 1 atom stereocenters. The molecule has 1 heterocycles. The number of nitrogens with two attached hydrogens (primary N) is 1. The van der Waals surface area contributed by atoms with Gasteiger partial charge in [-0.25, -0.2) is 0 Å². The number of benzene rings is 1. The Balaban J connectivity index is 1.94. The number of furan rings is 1. The lowest BCUT2D eigenvalue weighted by Gasteiger charge is -2.06. The summed E-state index contributed by atoms with van der Waals surface area (Å²) in [5.74, 6) is 1.66. The summed E-state index contributed by atoms with van der Waals surface area (Å²) in [6, 6.07) is 7.78. The van der Waals surface area contributed by atoms with Crippen LogP contribution in [0.25, 0.3) is 11.0 Å². The molecule has 0 amide bonds. The molecule has 2 aromatic rings. The van der Waals surface area contributed by atoms with Crippen LogP contribution in [-0.4, -0.2) is 0 Å². The van der Waals surface area contributed by atoms with E-state index in [-0.39, 0.29) is 6.04 Å². The monoisotopic (exact) mass is 235 g/mol. The van der Waals surface area contributed by atoms with Crippen molar-refractivity contribution in [3.8, 4) is 0 Å². The van der Waals surface area contributed by atoms with Crippen molar-refractivity contribution in [2.45, 2.75) is 25.3 Å². The standard InChI is InChI=1S/C13H14ClNO/c14-10-3-1-2-9-7-12(16-13(9)10)11(15)6-8-4-5-8/h1-3,7-8,11H,4-6,15H2/t11-/m1/s1. The topological polar surface area (TPSA) is 39.2 Å². The van der Waals surface area contributed by atoms with Gasteiger partial charge in [0.05, 0.1) is 11.1 Å². The van der Waals surface area contributed by atoms with Gasteiger partial charge in [0.15, 0.2) is 5.58 Å². The van der Waals surface area contributed by atoms with Gasteiger partial charge in [-0.1, -0.05) is 36.6 Å². The van der Waals surface area contributed by atoms with Gasteiger partial charge < -0.3 is 10.2 Å². The van der Waals surface area contributed by atoms with Gasteiger partial charge in [-0.05, 0) is 24.5 Å². The van der Waals surface area contributed by atoms with Crippen molar-refractivity contribution in [2.24, 2.45) is 11.7 Å². The molecular formula is C13H14ClNO. The second kappa shape index (κ2) is 3.79. The fourth-order valence-corrected chi connectivity index (χ4v) is 2.28. The van der Waals surface area contributed by atoms with E-state index < -0.39 is 0 Å². The van der Waals surface area contributed by atoms with Crippen molar-refractivity contribution in [1.29, 1.82) is 0 Å². The Morgan fingerprint density at radius 1 is 1.44 bits per heavy atom. The number of hydrogen-bond acceptors (Lipinski definition) is 2. The first-order valence-electron chi connectivity index (χ1n) is 5.67. The molecule has 0 aliphatic heterocycles. The van der Waals surface area contributed by atoms with Crippen molar-refractivity contribution in [3.05, 3.63) is 35.0 Å². The molecule has 1 aromatic carbocycles. The molecule has 0 radical (unpaired) electrons. The zero-order valence-electron chi connectivity index (χ0n) is 8.95. The minimum atomic E-state index is 0.0102. The second-order valence-electron chi connectivity index (χ2n) is 4.59. The van der Waals surface area contributed by atoms with Gasteiger partial charge in [-0.15, -0.1) is 0 Å². The average Bonchev–Trinajstić information content (AvgIpc) is 2.95. The fourth-order valence-electron chi connectivity index (χ4n) is 2.06. The summed E-state index contributed by atoms with van der Waals surface area (Å²) in [4.78, 5) is 0. The normalized spacial score (nSPS) is 17.9. The molecule has 1 saturated carbocycles. The molecule has 2 nitrogen and oxygen atoms in total. The van der Waals surface area contributed by atoms with Crippen molar-refractivity contribution in [3.63, 3.8) is 0 Å². The van der Waals surface area contributed by atoms with Crippen molar-refractivity contribution in [1.82, 2.24) is 0 Å². The molecule has 1 fully saturated rings. The summed E-state index contributed by atoms with van der Waals surface area (Å²) in [6.45, 7) is 0. The van der Waals surface area contributed by atoms with Crippen LogP contribution >= 0.6 is 11.6 Å². The minimum Gasteiger partial charge on any atom is -0.458 e. The number of fused-ring (bicyclic) bond motifs is 1. The van der Waals surface area contributed by atoms with E-state index in [1.807, 2.05) is 24.3 Å². The number of para-hydroxylation sites is 1. The van der Waals surface area contributed by atoms with Crippen LogP contribution in [-0.2, 0) is 0 Å². The Hall–Kier alpha value is -0.990. The number of rotatable bonds is 3. The first-order valence-corrected chi connectivity index (χ1v) is 6.05. The largest absolute Gasteiger partial charge is 0.458 e. The Labute approximate surface area is 99.4 Å². The Morgan fingerprint density at radius 2 is 2.25 bits per heavy atom. The lowest BCUT2D eigenvalue weighted by Crippen LogP contribution is -2.09. The van der Waals surface area contributed by atoms with E-state index in [4.69, 9.17) is 21.8 Å². The van der Waals surface area contributed by atoms with Crippen LogP contribution in [0.4, 0.5) is 0 Å². The number of hydrogen-bond donors (Lipinski definition) is 1. The zero-order chi connectivity index (χ0) is 11.1. The van der Waals surface area contributed by atoms with Crippen LogP contribution in [0.1, 0.15) is 31.1 Å². The molecule has 0 spiro atoms. The van der Waals surface area contributed by atoms with Gasteiger partial charge >= 0.3 is 0 Å². The molecule has 3 heteroatoms. The summed E-state index contributed by atoms with van der Waals surface area (Å²) < 4.78 is 5.73. The maximum atomic E-state index is 6.11. The third-order valence-corrected chi connectivity index (χ3v) is 3.46. The van der Waals surface area contributed by atoms with Gasteiger partial charge in [-0.2, -0.15) is 0 Å². The first kappa shape index (κ1) is 10.2. The lowest BCUT2D eigenvalue weighted by atomic mass is 10.1. The highest BCUT2D eigenvalue weighted by molar-refractivity contribution is 6.34. The summed E-state index contributed by atoms with van der Waals surface area (Å²) in [6.07, 6.45) is 3.65. The van der Waals surface area contributed by atoms with Crippen molar-refractivity contribution in [2.75, 3.05) is 0 Å². The highest BCUT2D eigenvalue weighted by atomic mass is 35.5. The smallest absolute Gasteiger partial charge is 0.152 e. The van der Waals surface area contributed by atoms with Crippen LogP contribution in [0, 0.1) is 5.92 Å². The molecule has 16 heavy (non-hydrogen) atoms. The van der Waals surface area contributed by atoms with Crippen LogP contribution in [0.15, 0.2) is 28.7 Å². The second-order valence-corrected chi connectivity index (χ2v) is 5.00. The SMILES string of the molecule is N[C@H](CC1CC1)c1cc2cccc(Cl)c2o1. The van der Waals surface area contributed by atoms with Crippen LogP contribution < -0.4 is 5.73 Å². The van der Waals surface area contributed by atoms with Crippen molar-refractivity contribution < 1.29 is 4.42 Å². The molecule has 1 aromatic heterocycles. The highest BCUT2D eigenvalue weighted by Gasteiger charge is 2.26. The summed E-state index contributed by atoms with van der Waals surface area (Å²) in [5, 5.41) is 1.69. The van der Waals surface area contributed by atoms with Crippen LogP contribution in [0.5, 0.6) is 0 Å². The van der Waals surface area contributed by atoms with E-state index in [0.717, 1.165) is 29.1 Å². The van der Waals surface area contributed by atoms with E-state index in [0.29, 0.717) is 5.02 Å². The molecule has 2 N–H and O–H groups in total. The molecular weight excluding hydrogens is 222 g/mol. The summed E-state index contributed by atoms with van der Waals surface area (Å²) in [5.41, 5.74) is 6.87. The van der Waals surface area contributed by atoms with E-state index in [1.54, 1.807) is 0 Å². The molecule has 84 valence electrons. The van der Waals surface area contributed by atoms with Crippen LogP contribution in [0.3, 0.4) is 0 Å². The minimum absolute atomic E-state index is 0.0102. The summed E-state index contributed by atoms with van der Waals surface area (Å²) in [7, 11) is 0. The van der Waals surface area contributed by atoms with Crippen LogP contribution in [0.2, 0.25) is 5.02 Å². The predicted octanol–water partition coefficient (Wildman–Crippen LogP) is 3.89. The highest BCUT2D eigenvalue weighted by Crippen LogP contribution is 2.38. The Morgan fingerprint density at radius 3 is 2.94 bits per heavy atom. The molecule has 0 bridgehead atoms. The predicted molar refractivity (Wildman–Crippen MR) is 65.5 cm³/mol. The van der Waals surface area contributed by atoms with E-state index in [9.17, 15) is 0 Å².